The molecule has 0 bridgehead atoms. The third-order valence-corrected chi connectivity index (χ3v) is 3.20. The standard InChI is InChI=1S/C14H10ClFN4/c15-10-2-1-3-11(14(10)16)20-8-18-7-12(20)9-4-5-19-13(17)6-9/h1-8H,(H2,17,19). The highest BCUT2D eigenvalue weighted by atomic mass is 35.5. The van der Waals surface area contributed by atoms with Gasteiger partial charge in [0.1, 0.15) is 5.82 Å². The van der Waals surface area contributed by atoms with Crippen LogP contribution in [-0.2, 0) is 0 Å². The first-order chi connectivity index (χ1) is 9.66. The Labute approximate surface area is 119 Å². The lowest BCUT2D eigenvalue weighted by Crippen LogP contribution is -1.99. The molecule has 0 aliphatic carbocycles. The Morgan fingerprint density at radius 1 is 1.25 bits per heavy atom. The molecule has 2 heterocycles. The Kier molecular flexibility index (Phi) is 3.12. The minimum absolute atomic E-state index is 0.0661. The first-order valence-corrected chi connectivity index (χ1v) is 6.23. The average molecular weight is 289 g/mol. The fourth-order valence-corrected chi connectivity index (χ4v) is 2.16. The van der Waals surface area contributed by atoms with Crippen LogP contribution < -0.4 is 5.73 Å². The minimum atomic E-state index is -0.490. The predicted molar refractivity (Wildman–Crippen MR) is 76.2 cm³/mol. The maximum absolute atomic E-state index is 14.1. The lowest BCUT2D eigenvalue weighted by atomic mass is 10.2. The van der Waals surface area contributed by atoms with E-state index in [0.29, 0.717) is 17.2 Å². The molecule has 0 unspecified atom stereocenters. The van der Waals surface area contributed by atoms with Crippen molar-refractivity contribution in [3.8, 4) is 16.9 Å². The van der Waals surface area contributed by atoms with E-state index in [1.165, 1.54) is 12.4 Å². The molecular weight excluding hydrogens is 279 g/mol. The lowest BCUT2D eigenvalue weighted by molar-refractivity contribution is 0.619. The van der Waals surface area contributed by atoms with Crippen LogP contribution in [0.15, 0.2) is 49.1 Å². The second-order valence-electron chi connectivity index (χ2n) is 4.19. The third-order valence-electron chi connectivity index (χ3n) is 2.91. The van der Waals surface area contributed by atoms with Gasteiger partial charge < -0.3 is 5.73 Å². The Morgan fingerprint density at radius 2 is 2.10 bits per heavy atom. The monoisotopic (exact) mass is 288 g/mol. The summed E-state index contributed by atoms with van der Waals surface area (Å²) in [4.78, 5) is 8.00. The van der Waals surface area contributed by atoms with E-state index in [4.69, 9.17) is 17.3 Å². The molecule has 0 atom stereocenters. The summed E-state index contributed by atoms with van der Waals surface area (Å²) in [7, 11) is 0. The second kappa shape index (κ2) is 4.94. The Morgan fingerprint density at radius 3 is 2.90 bits per heavy atom. The number of anilines is 1. The second-order valence-corrected chi connectivity index (χ2v) is 4.60. The fraction of sp³-hybridized carbons (Fsp3) is 0. The Bertz CT molecular complexity index is 769. The number of nitrogen functional groups attached to an aromatic ring is 1. The molecule has 0 aliphatic rings. The van der Waals surface area contributed by atoms with Gasteiger partial charge in [-0.3, -0.25) is 4.57 Å². The summed E-state index contributed by atoms with van der Waals surface area (Å²) in [5.41, 5.74) is 7.51. The molecule has 4 nitrogen and oxygen atoms in total. The number of benzene rings is 1. The van der Waals surface area contributed by atoms with Crippen LogP contribution in [0.3, 0.4) is 0 Å². The minimum Gasteiger partial charge on any atom is -0.384 e. The van der Waals surface area contributed by atoms with E-state index in [0.717, 1.165) is 5.56 Å². The number of nitrogens with two attached hydrogens (primary N) is 1. The van der Waals surface area contributed by atoms with E-state index >= 15 is 0 Å². The van der Waals surface area contributed by atoms with Crippen LogP contribution in [0.25, 0.3) is 16.9 Å². The van der Waals surface area contributed by atoms with E-state index in [-0.39, 0.29) is 5.02 Å². The largest absolute Gasteiger partial charge is 0.384 e. The molecule has 3 rings (SSSR count). The van der Waals surface area contributed by atoms with Crippen LogP contribution in [0.5, 0.6) is 0 Å². The molecule has 0 radical (unpaired) electrons. The molecule has 0 fully saturated rings. The van der Waals surface area contributed by atoms with Crippen molar-refractivity contribution in [2.75, 3.05) is 5.73 Å². The molecule has 3 aromatic rings. The number of halogens is 2. The molecule has 6 heteroatoms. The van der Waals surface area contributed by atoms with Gasteiger partial charge in [-0.15, -0.1) is 0 Å². The summed E-state index contributed by atoms with van der Waals surface area (Å²) in [6, 6.07) is 8.31. The lowest BCUT2D eigenvalue weighted by Gasteiger charge is -2.10. The van der Waals surface area contributed by atoms with Gasteiger partial charge >= 0.3 is 0 Å². The number of hydrogen-bond donors (Lipinski definition) is 1. The van der Waals surface area contributed by atoms with Gasteiger partial charge in [-0.2, -0.15) is 0 Å². The van der Waals surface area contributed by atoms with Crippen LogP contribution in [0.2, 0.25) is 5.02 Å². The maximum Gasteiger partial charge on any atom is 0.165 e. The molecule has 2 aromatic heterocycles. The zero-order valence-electron chi connectivity index (χ0n) is 10.3. The molecule has 0 saturated heterocycles. The van der Waals surface area contributed by atoms with Crippen LogP contribution in [0.1, 0.15) is 0 Å². The van der Waals surface area contributed by atoms with Crippen molar-refractivity contribution in [1.82, 2.24) is 14.5 Å². The molecule has 0 aliphatic heterocycles. The van der Waals surface area contributed by atoms with Gasteiger partial charge in [-0.25, -0.2) is 14.4 Å². The summed E-state index contributed by atoms with van der Waals surface area (Å²) >= 11 is 5.82. The highest BCUT2D eigenvalue weighted by Gasteiger charge is 2.13. The smallest absolute Gasteiger partial charge is 0.165 e. The van der Waals surface area contributed by atoms with Gasteiger partial charge in [-0.05, 0) is 24.3 Å². The zero-order chi connectivity index (χ0) is 14.1. The zero-order valence-corrected chi connectivity index (χ0v) is 11.0. The van der Waals surface area contributed by atoms with Crippen molar-refractivity contribution in [3.63, 3.8) is 0 Å². The van der Waals surface area contributed by atoms with Crippen LogP contribution >= 0.6 is 11.6 Å². The van der Waals surface area contributed by atoms with Crippen molar-refractivity contribution >= 4 is 17.4 Å². The van der Waals surface area contributed by atoms with Crippen LogP contribution in [-0.4, -0.2) is 14.5 Å². The highest BCUT2D eigenvalue weighted by Crippen LogP contribution is 2.27. The van der Waals surface area contributed by atoms with Crippen LogP contribution in [0, 0.1) is 5.82 Å². The maximum atomic E-state index is 14.1. The first kappa shape index (κ1) is 12.6. The van der Waals surface area contributed by atoms with Gasteiger partial charge in [0.15, 0.2) is 5.82 Å². The van der Waals surface area contributed by atoms with Crippen molar-refractivity contribution < 1.29 is 4.39 Å². The van der Waals surface area contributed by atoms with Gasteiger partial charge in [0.2, 0.25) is 0 Å². The molecule has 0 spiro atoms. The molecule has 0 amide bonds. The van der Waals surface area contributed by atoms with E-state index < -0.39 is 5.82 Å². The topological polar surface area (TPSA) is 56.7 Å². The normalized spacial score (nSPS) is 10.7. The van der Waals surface area contributed by atoms with Gasteiger partial charge in [0, 0.05) is 11.8 Å². The predicted octanol–water partition coefficient (Wildman–Crippen LogP) is 3.31. The quantitative estimate of drug-likeness (QED) is 0.787. The molecule has 2 N–H and O–H groups in total. The van der Waals surface area contributed by atoms with Gasteiger partial charge in [0.05, 0.1) is 28.9 Å². The van der Waals surface area contributed by atoms with Crippen LogP contribution in [0.4, 0.5) is 10.2 Å². The Balaban J connectivity index is 2.18. The van der Waals surface area contributed by atoms with Crippen molar-refractivity contribution in [1.29, 1.82) is 0 Å². The summed E-state index contributed by atoms with van der Waals surface area (Å²) < 4.78 is 15.7. The van der Waals surface area contributed by atoms with E-state index in [9.17, 15) is 4.39 Å². The van der Waals surface area contributed by atoms with E-state index in [1.807, 2.05) is 0 Å². The van der Waals surface area contributed by atoms with Gasteiger partial charge in [0.25, 0.3) is 0 Å². The highest BCUT2D eigenvalue weighted by molar-refractivity contribution is 6.30. The molecule has 100 valence electrons. The van der Waals surface area contributed by atoms with E-state index in [2.05, 4.69) is 9.97 Å². The summed E-state index contributed by atoms with van der Waals surface area (Å²) in [5.74, 6) is -0.0998. The van der Waals surface area contributed by atoms with Crippen molar-refractivity contribution in [2.45, 2.75) is 0 Å². The van der Waals surface area contributed by atoms with Gasteiger partial charge in [-0.1, -0.05) is 17.7 Å². The van der Waals surface area contributed by atoms with E-state index in [1.54, 1.807) is 41.2 Å². The number of imidazole rings is 1. The number of hydrogen-bond acceptors (Lipinski definition) is 3. The fourth-order valence-electron chi connectivity index (χ4n) is 1.99. The number of aromatic nitrogens is 3. The number of pyridine rings is 1. The van der Waals surface area contributed by atoms with Crippen molar-refractivity contribution in [2.24, 2.45) is 0 Å². The summed E-state index contributed by atoms with van der Waals surface area (Å²) in [5, 5.41) is 0.0661. The van der Waals surface area contributed by atoms with Crippen molar-refractivity contribution in [3.05, 3.63) is 59.9 Å². The SMILES string of the molecule is Nc1cc(-c2cncn2-c2cccc(Cl)c2F)ccn1. The third kappa shape index (κ3) is 2.12. The molecule has 0 saturated carbocycles. The summed E-state index contributed by atoms with van der Waals surface area (Å²) in [6.07, 6.45) is 4.76. The number of rotatable bonds is 2. The number of nitrogens with zero attached hydrogens (tertiary/aromatic N) is 3. The Hall–Kier alpha value is -2.40. The molecule has 20 heavy (non-hydrogen) atoms. The average Bonchev–Trinajstić information content (AvgIpc) is 2.91. The molecular formula is C14H10ClFN4. The summed E-state index contributed by atoms with van der Waals surface area (Å²) in [6.45, 7) is 0. The molecule has 1 aromatic carbocycles. The first-order valence-electron chi connectivity index (χ1n) is 5.85.